The molecule has 0 unspecified atom stereocenters. The smallest absolute Gasteiger partial charge is 0.118 e. The molecule has 0 bridgehead atoms. The van der Waals surface area contributed by atoms with Crippen LogP contribution in [0.25, 0.3) is 11.1 Å². The summed E-state index contributed by atoms with van der Waals surface area (Å²) in [6, 6.07) is 15.7. The van der Waals surface area contributed by atoms with E-state index in [4.69, 9.17) is 27.9 Å². The molecule has 0 saturated carbocycles. The molecule has 1 radical (unpaired) electrons. The summed E-state index contributed by atoms with van der Waals surface area (Å²) in [4.78, 5) is 0. The van der Waals surface area contributed by atoms with Crippen molar-refractivity contribution in [3.05, 3.63) is 82.2 Å². The Bertz CT molecular complexity index is 742. The zero-order valence-electron chi connectivity index (χ0n) is 12.1. The number of methoxy groups -OCH3 is 1. The Morgan fingerprint density at radius 3 is 2.36 bits per heavy atom. The molecule has 1 aliphatic rings. The molecule has 1 nitrogen and oxygen atoms in total. The van der Waals surface area contributed by atoms with Crippen molar-refractivity contribution in [2.24, 2.45) is 0 Å². The van der Waals surface area contributed by atoms with Crippen LogP contribution in [0.1, 0.15) is 17.5 Å². The van der Waals surface area contributed by atoms with Gasteiger partial charge in [0, 0.05) is 10.6 Å². The second-order valence-corrected chi connectivity index (χ2v) is 5.78. The zero-order chi connectivity index (χ0) is 15.5. The molecule has 111 valence electrons. The fourth-order valence-corrected chi connectivity index (χ4v) is 3.14. The van der Waals surface area contributed by atoms with Gasteiger partial charge < -0.3 is 4.74 Å². The topological polar surface area (TPSA) is 9.23 Å². The first-order valence-corrected chi connectivity index (χ1v) is 7.79. The van der Waals surface area contributed by atoms with Crippen LogP contribution in [0, 0.1) is 6.42 Å². The van der Waals surface area contributed by atoms with Crippen LogP contribution < -0.4 is 4.74 Å². The second-order valence-electron chi connectivity index (χ2n) is 4.99. The van der Waals surface area contributed by atoms with Crippen molar-refractivity contribution in [3.63, 3.8) is 0 Å². The molecule has 0 heterocycles. The Hall–Kier alpha value is -1.70. The second kappa shape index (κ2) is 6.60. The van der Waals surface area contributed by atoms with Crippen LogP contribution in [0.15, 0.2) is 59.6 Å². The maximum Gasteiger partial charge on any atom is 0.118 e. The molecule has 3 heteroatoms. The van der Waals surface area contributed by atoms with E-state index in [1.165, 1.54) is 0 Å². The lowest BCUT2D eigenvalue weighted by atomic mass is 9.90. The number of rotatable bonds is 3. The monoisotopic (exact) mass is 329 g/mol. The average molecular weight is 330 g/mol. The number of halogens is 2. The van der Waals surface area contributed by atoms with Crippen LogP contribution in [-0.2, 0) is 0 Å². The molecule has 2 aromatic carbocycles. The van der Waals surface area contributed by atoms with Crippen LogP contribution in [0.2, 0.25) is 5.02 Å². The Kier molecular flexibility index (Phi) is 4.56. The third kappa shape index (κ3) is 2.92. The van der Waals surface area contributed by atoms with Crippen LogP contribution in [-0.4, -0.2) is 7.11 Å². The highest BCUT2D eigenvalue weighted by Gasteiger charge is 2.19. The van der Waals surface area contributed by atoms with Gasteiger partial charge in [-0.15, -0.1) is 0 Å². The number of hydrogen-bond acceptors (Lipinski definition) is 1. The van der Waals surface area contributed by atoms with Gasteiger partial charge in [0.05, 0.1) is 12.1 Å². The van der Waals surface area contributed by atoms with Gasteiger partial charge in [-0.25, -0.2) is 0 Å². The minimum Gasteiger partial charge on any atom is -0.497 e. The Balaban J connectivity index is 2.03. The largest absolute Gasteiger partial charge is 0.497 e. The third-order valence-corrected chi connectivity index (χ3v) is 4.42. The van der Waals surface area contributed by atoms with Gasteiger partial charge in [-0.2, -0.15) is 0 Å². The van der Waals surface area contributed by atoms with E-state index in [0.717, 1.165) is 39.5 Å². The van der Waals surface area contributed by atoms with E-state index in [1.807, 2.05) is 48.5 Å². The van der Waals surface area contributed by atoms with Gasteiger partial charge in [0.15, 0.2) is 0 Å². The lowest BCUT2D eigenvalue weighted by Crippen LogP contribution is -1.98. The summed E-state index contributed by atoms with van der Waals surface area (Å²) in [6.07, 6.45) is 5.07. The minimum absolute atomic E-state index is 0.711. The van der Waals surface area contributed by atoms with Crippen molar-refractivity contribution in [2.75, 3.05) is 7.11 Å². The van der Waals surface area contributed by atoms with Gasteiger partial charge in [-0.1, -0.05) is 59.6 Å². The SMILES string of the molecule is COc1ccc(C2=C(Cl)C(c3ccccc3Cl)=CC[CH]2)cc1. The fraction of sp³-hybridized carbons (Fsp3) is 0.105. The van der Waals surface area contributed by atoms with E-state index in [9.17, 15) is 0 Å². The molecule has 0 saturated heterocycles. The fourth-order valence-electron chi connectivity index (χ4n) is 2.54. The average Bonchev–Trinajstić information content (AvgIpc) is 2.56. The van der Waals surface area contributed by atoms with Gasteiger partial charge in [-0.05, 0) is 47.8 Å². The van der Waals surface area contributed by atoms with Crippen molar-refractivity contribution in [1.29, 1.82) is 0 Å². The summed E-state index contributed by atoms with van der Waals surface area (Å²) in [6.45, 7) is 0. The van der Waals surface area contributed by atoms with Gasteiger partial charge in [-0.3, -0.25) is 0 Å². The van der Waals surface area contributed by atoms with Crippen molar-refractivity contribution in [3.8, 4) is 5.75 Å². The normalized spacial score (nSPS) is 14.8. The minimum atomic E-state index is 0.711. The maximum absolute atomic E-state index is 6.65. The van der Waals surface area contributed by atoms with Crippen LogP contribution in [0.4, 0.5) is 0 Å². The molecular weight excluding hydrogens is 315 g/mol. The first-order chi connectivity index (χ1) is 10.7. The van der Waals surface area contributed by atoms with Crippen molar-refractivity contribution in [2.45, 2.75) is 6.42 Å². The molecule has 2 aromatic rings. The van der Waals surface area contributed by atoms with Gasteiger partial charge >= 0.3 is 0 Å². The summed E-state index contributed by atoms with van der Waals surface area (Å²) in [5, 5.41) is 1.44. The molecule has 0 N–H and O–H groups in total. The van der Waals surface area contributed by atoms with Gasteiger partial charge in [0.1, 0.15) is 5.75 Å². The molecule has 0 aliphatic heterocycles. The maximum atomic E-state index is 6.65. The van der Waals surface area contributed by atoms with Crippen molar-refractivity contribution in [1.82, 2.24) is 0 Å². The highest BCUT2D eigenvalue weighted by Crippen LogP contribution is 2.41. The molecule has 1 aliphatic carbocycles. The molecular formula is C19H15Cl2O. The van der Waals surface area contributed by atoms with Crippen LogP contribution in [0.5, 0.6) is 5.75 Å². The predicted molar refractivity (Wildman–Crippen MR) is 94.1 cm³/mol. The van der Waals surface area contributed by atoms with Crippen LogP contribution in [0.3, 0.4) is 0 Å². The molecule has 0 spiro atoms. The number of benzene rings is 2. The summed E-state index contributed by atoms with van der Waals surface area (Å²) >= 11 is 13.0. The summed E-state index contributed by atoms with van der Waals surface area (Å²) in [5.41, 5.74) is 4.05. The molecule has 3 rings (SSSR count). The highest BCUT2D eigenvalue weighted by atomic mass is 35.5. The molecule has 22 heavy (non-hydrogen) atoms. The highest BCUT2D eigenvalue weighted by molar-refractivity contribution is 6.42. The van der Waals surface area contributed by atoms with E-state index in [2.05, 4.69) is 12.5 Å². The van der Waals surface area contributed by atoms with Crippen molar-refractivity contribution < 1.29 is 4.74 Å². The van der Waals surface area contributed by atoms with Gasteiger partial charge in [0.2, 0.25) is 0 Å². The third-order valence-electron chi connectivity index (χ3n) is 3.68. The summed E-state index contributed by atoms with van der Waals surface area (Å²) in [5.74, 6) is 0.832. The van der Waals surface area contributed by atoms with E-state index < -0.39 is 0 Å². The quantitative estimate of drug-likeness (QED) is 0.671. The van der Waals surface area contributed by atoms with E-state index in [1.54, 1.807) is 7.11 Å². The Morgan fingerprint density at radius 1 is 0.955 bits per heavy atom. The Morgan fingerprint density at radius 2 is 1.68 bits per heavy atom. The first kappa shape index (κ1) is 15.2. The van der Waals surface area contributed by atoms with Crippen LogP contribution >= 0.6 is 23.2 Å². The lowest BCUT2D eigenvalue weighted by molar-refractivity contribution is 0.415. The van der Waals surface area contributed by atoms with Crippen molar-refractivity contribution >= 4 is 34.3 Å². The number of allylic oxidation sites excluding steroid dienone is 4. The summed E-state index contributed by atoms with van der Waals surface area (Å²) in [7, 11) is 1.66. The summed E-state index contributed by atoms with van der Waals surface area (Å²) < 4.78 is 5.20. The predicted octanol–water partition coefficient (Wildman–Crippen LogP) is 5.99. The van der Waals surface area contributed by atoms with E-state index in [0.29, 0.717) is 5.02 Å². The number of ether oxygens (including phenoxy) is 1. The molecule has 0 amide bonds. The first-order valence-electron chi connectivity index (χ1n) is 7.03. The van der Waals surface area contributed by atoms with E-state index in [-0.39, 0.29) is 0 Å². The Labute approximate surface area is 140 Å². The zero-order valence-corrected chi connectivity index (χ0v) is 13.7. The lowest BCUT2D eigenvalue weighted by Gasteiger charge is -2.19. The van der Waals surface area contributed by atoms with Gasteiger partial charge in [0.25, 0.3) is 0 Å². The number of hydrogen-bond donors (Lipinski definition) is 0. The van der Waals surface area contributed by atoms with E-state index >= 15 is 0 Å². The molecule has 0 atom stereocenters. The molecule has 0 fully saturated rings. The standard InChI is InChI=1S/C19H15Cl2O/c1-22-14-11-9-13(10-12-14)15-6-4-7-17(19(15)21)16-5-2-3-8-18(16)20/h2-3,5-12H,4H2,1H3. The molecule has 0 aromatic heterocycles.